The first-order chi connectivity index (χ1) is 10.8. The van der Waals surface area contributed by atoms with Gasteiger partial charge in [-0.15, -0.1) is 5.10 Å². The van der Waals surface area contributed by atoms with Gasteiger partial charge in [-0.05, 0) is 25.3 Å². The van der Waals surface area contributed by atoms with E-state index in [1.165, 1.54) is 0 Å². The monoisotopic (exact) mass is 321 g/mol. The highest BCUT2D eigenvalue weighted by Crippen LogP contribution is 2.32. The highest BCUT2D eigenvalue weighted by atomic mass is 32.2. The number of aromatic nitrogens is 3. The molecule has 2 heterocycles. The topological polar surface area (TPSA) is 58.4 Å². The number of fused-ring (bicyclic) bond motifs is 1. The van der Waals surface area contributed by atoms with Crippen molar-refractivity contribution in [3.8, 4) is 17.2 Å². The Bertz CT molecular complexity index is 645. The van der Waals surface area contributed by atoms with E-state index in [1.807, 2.05) is 36.1 Å². The summed E-state index contributed by atoms with van der Waals surface area (Å²) < 4.78 is 18.4. The molecule has 7 heteroatoms. The fourth-order valence-electron chi connectivity index (χ4n) is 2.24. The maximum atomic E-state index is 5.64. The molecule has 0 aliphatic carbocycles. The number of hydrogen-bond donors (Lipinski definition) is 0. The average Bonchev–Trinajstić information content (AvgIpc) is 2.96. The van der Waals surface area contributed by atoms with Gasteiger partial charge in [0.15, 0.2) is 17.3 Å². The van der Waals surface area contributed by atoms with E-state index in [0.717, 1.165) is 28.8 Å². The number of benzene rings is 1. The predicted molar refractivity (Wildman–Crippen MR) is 84.9 cm³/mol. The van der Waals surface area contributed by atoms with Crippen molar-refractivity contribution in [3.63, 3.8) is 0 Å². The molecule has 0 fully saturated rings. The van der Waals surface area contributed by atoms with E-state index in [2.05, 4.69) is 10.1 Å². The lowest BCUT2D eigenvalue weighted by Crippen LogP contribution is -2.15. The second-order valence-corrected chi connectivity index (χ2v) is 5.62. The molecule has 1 aliphatic rings. The zero-order valence-electron chi connectivity index (χ0n) is 12.7. The summed E-state index contributed by atoms with van der Waals surface area (Å²) in [7, 11) is 0. The zero-order valence-corrected chi connectivity index (χ0v) is 13.6. The summed E-state index contributed by atoms with van der Waals surface area (Å²) in [5, 5.41) is 4.56. The van der Waals surface area contributed by atoms with Crippen LogP contribution in [0.5, 0.6) is 11.5 Å². The van der Waals surface area contributed by atoms with Crippen molar-refractivity contribution >= 4 is 11.8 Å². The SMILES string of the molecule is CCOCc1nc(CSC)n(-c2ccc3c(c2)OCCO3)n1. The Morgan fingerprint density at radius 3 is 2.86 bits per heavy atom. The van der Waals surface area contributed by atoms with Gasteiger partial charge in [-0.1, -0.05) is 0 Å². The van der Waals surface area contributed by atoms with Crippen LogP contribution in [0.3, 0.4) is 0 Å². The second-order valence-electron chi connectivity index (χ2n) is 4.75. The summed E-state index contributed by atoms with van der Waals surface area (Å²) in [6.07, 6.45) is 2.05. The quantitative estimate of drug-likeness (QED) is 0.814. The highest BCUT2D eigenvalue weighted by molar-refractivity contribution is 7.97. The maximum Gasteiger partial charge on any atom is 0.177 e. The molecule has 0 unspecified atom stereocenters. The maximum absolute atomic E-state index is 5.64. The molecule has 0 saturated carbocycles. The second kappa shape index (κ2) is 7.02. The summed E-state index contributed by atoms with van der Waals surface area (Å²) in [5.74, 6) is 3.91. The van der Waals surface area contributed by atoms with E-state index < -0.39 is 0 Å². The molecule has 22 heavy (non-hydrogen) atoms. The molecule has 2 aromatic rings. The molecule has 0 spiro atoms. The Morgan fingerprint density at radius 2 is 2.09 bits per heavy atom. The Hall–Kier alpha value is -1.73. The van der Waals surface area contributed by atoms with E-state index >= 15 is 0 Å². The Kier molecular flexibility index (Phi) is 4.84. The predicted octanol–water partition coefficient (Wildman–Crippen LogP) is 2.44. The van der Waals surface area contributed by atoms with Crippen LogP contribution in [0.15, 0.2) is 18.2 Å². The van der Waals surface area contributed by atoms with Crippen molar-refractivity contribution in [3.05, 3.63) is 29.8 Å². The number of thioether (sulfide) groups is 1. The minimum Gasteiger partial charge on any atom is -0.486 e. The first-order valence-corrected chi connectivity index (χ1v) is 8.62. The molecule has 3 rings (SSSR count). The number of rotatable bonds is 6. The van der Waals surface area contributed by atoms with E-state index in [4.69, 9.17) is 14.2 Å². The summed E-state index contributed by atoms with van der Waals surface area (Å²) in [5.41, 5.74) is 0.920. The van der Waals surface area contributed by atoms with Gasteiger partial charge in [-0.3, -0.25) is 0 Å². The van der Waals surface area contributed by atoms with Crippen LogP contribution in [0.2, 0.25) is 0 Å². The van der Waals surface area contributed by atoms with Crippen LogP contribution in [0.1, 0.15) is 18.6 Å². The molecule has 6 nitrogen and oxygen atoms in total. The van der Waals surface area contributed by atoms with Crippen LogP contribution in [0, 0.1) is 0 Å². The summed E-state index contributed by atoms with van der Waals surface area (Å²) in [6.45, 7) is 4.19. The summed E-state index contributed by atoms with van der Waals surface area (Å²) in [6, 6.07) is 5.82. The average molecular weight is 321 g/mol. The Balaban J connectivity index is 1.93. The summed E-state index contributed by atoms with van der Waals surface area (Å²) >= 11 is 1.71. The van der Waals surface area contributed by atoms with Crippen LogP contribution in [-0.2, 0) is 17.1 Å². The van der Waals surface area contributed by atoms with Crippen molar-refractivity contribution < 1.29 is 14.2 Å². The van der Waals surface area contributed by atoms with Crippen molar-refractivity contribution in [2.75, 3.05) is 26.1 Å². The van der Waals surface area contributed by atoms with E-state index in [0.29, 0.717) is 32.3 Å². The fourth-order valence-corrected chi connectivity index (χ4v) is 2.68. The lowest BCUT2D eigenvalue weighted by atomic mass is 10.2. The first kappa shape index (κ1) is 15.2. The molecular formula is C15H19N3O3S. The first-order valence-electron chi connectivity index (χ1n) is 7.23. The van der Waals surface area contributed by atoms with E-state index in [9.17, 15) is 0 Å². The number of nitrogens with zero attached hydrogens (tertiary/aromatic N) is 3. The van der Waals surface area contributed by atoms with Crippen LogP contribution in [-0.4, -0.2) is 40.8 Å². The van der Waals surface area contributed by atoms with Crippen LogP contribution < -0.4 is 9.47 Å². The van der Waals surface area contributed by atoms with E-state index in [1.54, 1.807) is 11.8 Å². The molecule has 1 aromatic carbocycles. The standard InChI is InChI=1S/C15H19N3O3S/c1-3-19-9-14-16-15(10-22-2)18(17-14)11-4-5-12-13(8-11)21-7-6-20-12/h4-5,8H,3,6-7,9-10H2,1-2H3. The number of ether oxygens (including phenoxy) is 3. The fraction of sp³-hybridized carbons (Fsp3) is 0.467. The minimum absolute atomic E-state index is 0.426. The third-order valence-corrected chi connectivity index (χ3v) is 3.74. The lowest BCUT2D eigenvalue weighted by Gasteiger charge is -2.19. The molecule has 0 saturated heterocycles. The largest absolute Gasteiger partial charge is 0.486 e. The van der Waals surface area contributed by atoms with Crippen LogP contribution >= 0.6 is 11.8 Å². The van der Waals surface area contributed by atoms with Gasteiger partial charge in [-0.2, -0.15) is 11.8 Å². The van der Waals surface area contributed by atoms with Crippen molar-refractivity contribution in [1.82, 2.24) is 14.8 Å². The molecule has 0 N–H and O–H groups in total. The molecular weight excluding hydrogens is 302 g/mol. The minimum atomic E-state index is 0.426. The molecule has 0 radical (unpaired) electrons. The van der Waals surface area contributed by atoms with Crippen molar-refractivity contribution in [2.45, 2.75) is 19.3 Å². The smallest absolute Gasteiger partial charge is 0.177 e. The van der Waals surface area contributed by atoms with Gasteiger partial charge < -0.3 is 14.2 Å². The molecule has 0 atom stereocenters. The van der Waals surface area contributed by atoms with Crippen LogP contribution in [0.25, 0.3) is 5.69 Å². The molecule has 1 aromatic heterocycles. The van der Waals surface area contributed by atoms with Gasteiger partial charge in [0.05, 0.1) is 11.4 Å². The van der Waals surface area contributed by atoms with Crippen molar-refractivity contribution in [1.29, 1.82) is 0 Å². The van der Waals surface area contributed by atoms with Gasteiger partial charge in [0.25, 0.3) is 0 Å². The zero-order chi connectivity index (χ0) is 15.4. The van der Waals surface area contributed by atoms with Gasteiger partial charge in [-0.25, -0.2) is 9.67 Å². The summed E-state index contributed by atoms with van der Waals surface area (Å²) in [4.78, 5) is 4.56. The molecule has 118 valence electrons. The lowest BCUT2D eigenvalue weighted by molar-refractivity contribution is 0.128. The van der Waals surface area contributed by atoms with Gasteiger partial charge >= 0.3 is 0 Å². The third-order valence-electron chi connectivity index (χ3n) is 3.20. The molecule has 0 bridgehead atoms. The number of hydrogen-bond acceptors (Lipinski definition) is 6. The Labute approximate surface area is 133 Å². The van der Waals surface area contributed by atoms with Crippen LogP contribution in [0.4, 0.5) is 0 Å². The van der Waals surface area contributed by atoms with Gasteiger partial charge in [0.1, 0.15) is 25.6 Å². The highest BCUT2D eigenvalue weighted by Gasteiger charge is 2.16. The molecule has 1 aliphatic heterocycles. The van der Waals surface area contributed by atoms with Gasteiger partial charge in [0.2, 0.25) is 0 Å². The van der Waals surface area contributed by atoms with Gasteiger partial charge in [0, 0.05) is 12.7 Å². The Morgan fingerprint density at radius 1 is 1.27 bits per heavy atom. The molecule has 0 amide bonds. The van der Waals surface area contributed by atoms with Crippen molar-refractivity contribution in [2.24, 2.45) is 0 Å². The normalized spacial score (nSPS) is 13.4. The third kappa shape index (κ3) is 3.20. The van der Waals surface area contributed by atoms with E-state index in [-0.39, 0.29) is 0 Å².